The van der Waals surface area contributed by atoms with Gasteiger partial charge >= 0.3 is 0 Å². The third kappa shape index (κ3) is 3.87. The molecule has 0 N–H and O–H groups in total. The van der Waals surface area contributed by atoms with Crippen molar-refractivity contribution in [2.75, 3.05) is 27.4 Å². The molecule has 0 fully saturated rings. The van der Waals surface area contributed by atoms with E-state index >= 15 is 0 Å². The summed E-state index contributed by atoms with van der Waals surface area (Å²) >= 11 is 0. The minimum atomic E-state index is -0.911. The van der Waals surface area contributed by atoms with Crippen molar-refractivity contribution in [1.29, 1.82) is 0 Å². The van der Waals surface area contributed by atoms with Crippen LogP contribution in [0.25, 0.3) is 28.0 Å². The third-order valence-corrected chi connectivity index (χ3v) is 10.8. The van der Waals surface area contributed by atoms with Crippen LogP contribution in [0.15, 0.2) is 91.0 Å². The highest BCUT2D eigenvalue weighted by atomic mass is 16.6. The zero-order valence-corrected chi connectivity index (χ0v) is 27.2. The summed E-state index contributed by atoms with van der Waals surface area (Å²) in [5, 5.41) is 2.10. The maximum absolute atomic E-state index is 7.49. The lowest BCUT2D eigenvalue weighted by molar-refractivity contribution is 0.161. The van der Waals surface area contributed by atoms with Crippen LogP contribution in [-0.4, -0.2) is 27.4 Å². The second-order valence-corrected chi connectivity index (χ2v) is 13.5. The Morgan fingerprint density at radius 3 is 1.80 bits per heavy atom. The topological polar surface area (TPSA) is 46.2 Å². The van der Waals surface area contributed by atoms with Gasteiger partial charge in [-0.25, -0.2) is 0 Å². The highest BCUT2D eigenvalue weighted by molar-refractivity contribution is 6.08. The Balaban J connectivity index is 1.48. The van der Waals surface area contributed by atoms with E-state index in [1.54, 1.807) is 14.2 Å². The lowest BCUT2D eigenvalue weighted by atomic mass is 9.54. The molecule has 0 amide bonds. The van der Waals surface area contributed by atoms with Crippen molar-refractivity contribution >= 4 is 16.8 Å². The van der Waals surface area contributed by atoms with Crippen LogP contribution < -0.4 is 23.7 Å². The lowest BCUT2D eigenvalue weighted by Crippen LogP contribution is -2.44. The Morgan fingerprint density at radius 2 is 1.22 bits per heavy atom. The van der Waals surface area contributed by atoms with Gasteiger partial charge in [0.1, 0.15) is 30.5 Å². The first kappa shape index (κ1) is 28.6. The first-order valence-electron chi connectivity index (χ1n) is 15.9. The highest BCUT2D eigenvalue weighted by Gasteiger charge is 2.49. The standard InChI is InChI=1S/C41H38O5/c1-39(2)33-10-8-7-9-29(33)36-31-23-34-35(45-22-21-44-34)24-32(31)38-30(37(36)40(39,3)4)19-20-41(46-38,25-11-15-27(42-5)16-12-25)26-13-17-28(43-6)18-14-26/h7-20,23-24H,21-22H2,1-6H3. The van der Waals surface area contributed by atoms with E-state index in [9.17, 15) is 0 Å². The molecule has 0 spiro atoms. The Morgan fingerprint density at radius 1 is 0.652 bits per heavy atom. The first-order valence-corrected chi connectivity index (χ1v) is 15.9. The molecule has 0 atom stereocenters. The maximum Gasteiger partial charge on any atom is 0.178 e. The van der Waals surface area contributed by atoms with Crippen molar-refractivity contribution < 1.29 is 23.7 Å². The minimum absolute atomic E-state index is 0.153. The zero-order chi connectivity index (χ0) is 31.8. The molecule has 8 rings (SSSR count). The zero-order valence-electron chi connectivity index (χ0n) is 27.2. The second-order valence-electron chi connectivity index (χ2n) is 13.5. The minimum Gasteiger partial charge on any atom is -0.497 e. The van der Waals surface area contributed by atoms with Crippen LogP contribution in [0.1, 0.15) is 55.5 Å². The molecule has 5 nitrogen and oxygen atoms in total. The molecule has 5 heteroatoms. The van der Waals surface area contributed by atoms with Crippen LogP contribution in [0.2, 0.25) is 0 Å². The number of fused-ring (bicyclic) bond motifs is 9. The van der Waals surface area contributed by atoms with Gasteiger partial charge in [0.2, 0.25) is 0 Å². The van der Waals surface area contributed by atoms with Crippen molar-refractivity contribution in [3.8, 4) is 39.9 Å². The maximum atomic E-state index is 7.49. The summed E-state index contributed by atoms with van der Waals surface area (Å²) in [6.45, 7) is 10.5. The van der Waals surface area contributed by atoms with Gasteiger partial charge < -0.3 is 23.7 Å². The van der Waals surface area contributed by atoms with Crippen molar-refractivity contribution in [3.05, 3.63) is 119 Å². The van der Waals surface area contributed by atoms with Crippen LogP contribution in [0.5, 0.6) is 28.7 Å². The molecule has 0 saturated carbocycles. The van der Waals surface area contributed by atoms with E-state index in [0.717, 1.165) is 56.2 Å². The summed E-state index contributed by atoms with van der Waals surface area (Å²) in [6.07, 6.45) is 4.50. The van der Waals surface area contributed by atoms with Crippen molar-refractivity contribution in [3.63, 3.8) is 0 Å². The Labute approximate surface area is 270 Å². The van der Waals surface area contributed by atoms with Gasteiger partial charge in [0, 0.05) is 27.5 Å². The smallest absolute Gasteiger partial charge is 0.178 e. The molecule has 2 heterocycles. The summed E-state index contributed by atoms with van der Waals surface area (Å²) in [7, 11) is 3.37. The lowest BCUT2D eigenvalue weighted by Gasteiger charge is -2.50. The molecule has 0 unspecified atom stereocenters. The van der Waals surface area contributed by atoms with Crippen LogP contribution in [0, 0.1) is 0 Å². The summed E-state index contributed by atoms with van der Waals surface area (Å²) in [4.78, 5) is 0. The fourth-order valence-corrected chi connectivity index (χ4v) is 7.65. The van der Waals surface area contributed by atoms with Crippen molar-refractivity contribution in [1.82, 2.24) is 0 Å². The fraction of sp³-hybridized carbons (Fsp3) is 0.268. The molecule has 1 aliphatic carbocycles. The van der Waals surface area contributed by atoms with Crippen LogP contribution in [0.3, 0.4) is 0 Å². The molecule has 2 aliphatic heterocycles. The van der Waals surface area contributed by atoms with E-state index in [1.807, 2.05) is 24.3 Å². The average molecular weight is 611 g/mol. The average Bonchev–Trinajstić information content (AvgIpc) is 3.09. The van der Waals surface area contributed by atoms with E-state index in [4.69, 9.17) is 23.7 Å². The molecule has 46 heavy (non-hydrogen) atoms. The summed E-state index contributed by atoms with van der Waals surface area (Å²) < 4.78 is 30.9. The molecule has 0 radical (unpaired) electrons. The van der Waals surface area contributed by atoms with Gasteiger partial charge in [-0.15, -0.1) is 0 Å². The number of hydrogen-bond acceptors (Lipinski definition) is 5. The summed E-state index contributed by atoms with van der Waals surface area (Å²) in [6, 6.07) is 29.4. The third-order valence-electron chi connectivity index (χ3n) is 10.8. The van der Waals surface area contributed by atoms with Gasteiger partial charge in [-0.05, 0) is 75.5 Å². The summed E-state index contributed by atoms with van der Waals surface area (Å²) in [5.41, 5.74) is 6.90. The quantitative estimate of drug-likeness (QED) is 0.203. The Bertz CT molecular complexity index is 1990. The number of methoxy groups -OCH3 is 2. The van der Waals surface area contributed by atoms with E-state index in [-0.39, 0.29) is 10.8 Å². The molecule has 3 aliphatic rings. The molecule has 5 aromatic carbocycles. The highest BCUT2D eigenvalue weighted by Crippen LogP contribution is 2.61. The van der Waals surface area contributed by atoms with E-state index in [0.29, 0.717) is 13.2 Å². The number of ether oxygens (including phenoxy) is 5. The molecule has 0 saturated heterocycles. The number of rotatable bonds is 4. The fourth-order valence-electron chi connectivity index (χ4n) is 7.65. The van der Waals surface area contributed by atoms with E-state index < -0.39 is 5.60 Å². The van der Waals surface area contributed by atoms with Gasteiger partial charge in [0.25, 0.3) is 0 Å². The molecular weight excluding hydrogens is 572 g/mol. The molecule has 0 bridgehead atoms. The Kier molecular flexibility index (Phi) is 6.24. The first-order chi connectivity index (χ1) is 22.2. The second kappa shape index (κ2) is 10.1. The van der Waals surface area contributed by atoms with Crippen molar-refractivity contribution in [2.24, 2.45) is 0 Å². The van der Waals surface area contributed by atoms with Gasteiger partial charge in [-0.2, -0.15) is 0 Å². The van der Waals surface area contributed by atoms with Crippen LogP contribution in [0.4, 0.5) is 0 Å². The molecule has 232 valence electrons. The number of benzene rings is 5. The van der Waals surface area contributed by atoms with Crippen LogP contribution in [-0.2, 0) is 16.4 Å². The van der Waals surface area contributed by atoms with Gasteiger partial charge in [0.05, 0.1) is 14.2 Å². The van der Waals surface area contributed by atoms with Gasteiger partial charge in [-0.1, -0.05) is 82.3 Å². The predicted molar refractivity (Wildman–Crippen MR) is 183 cm³/mol. The van der Waals surface area contributed by atoms with Gasteiger partial charge in [-0.3, -0.25) is 0 Å². The number of hydrogen-bond donors (Lipinski definition) is 0. The van der Waals surface area contributed by atoms with Gasteiger partial charge in [0.15, 0.2) is 17.1 Å². The van der Waals surface area contributed by atoms with E-state index in [1.165, 1.54) is 22.3 Å². The normalized spacial score (nSPS) is 17.7. The van der Waals surface area contributed by atoms with Crippen molar-refractivity contribution in [2.45, 2.75) is 44.1 Å². The summed E-state index contributed by atoms with van der Waals surface area (Å²) in [5.74, 6) is 3.92. The van der Waals surface area contributed by atoms with Crippen LogP contribution >= 0.6 is 0 Å². The molecular formula is C41H38O5. The Hall–Kier alpha value is -4.90. The monoisotopic (exact) mass is 610 g/mol. The van der Waals surface area contributed by atoms with E-state index in [2.05, 4.69) is 101 Å². The SMILES string of the molecule is COc1ccc(C2(c3ccc(OC)cc3)C=Cc3c4c(c5cc6c(cc5c3O2)OCCO6)-c2ccccc2C(C)(C)C4(C)C)cc1. The molecule has 5 aromatic rings. The molecule has 0 aromatic heterocycles. The predicted octanol–water partition coefficient (Wildman–Crippen LogP) is 9.21. The largest absolute Gasteiger partial charge is 0.497 e.